The number of hydrogen-bond acceptors (Lipinski definition) is 1. The number of hydrogen-bond donors (Lipinski definition) is 0. The van der Waals surface area contributed by atoms with Crippen molar-refractivity contribution in [2.45, 2.75) is 39.0 Å². The summed E-state index contributed by atoms with van der Waals surface area (Å²) >= 11 is 0. The van der Waals surface area contributed by atoms with E-state index in [4.69, 9.17) is 4.74 Å². The van der Waals surface area contributed by atoms with E-state index >= 15 is 0 Å². The molecule has 0 aliphatic heterocycles. The van der Waals surface area contributed by atoms with Gasteiger partial charge in [-0.25, -0.2) is 0 Å². The fourth-order valence-corrected chi connectivity index (χ4v) is 3.09. The Hall–Kier alpha value is -0.900. The minimum absolute atomic E-state index is 0.868. The van der Waals surface area contributed by atoms with E-state index in [2.05, 4.69) is 65.4 Å². The molecule has 0 fully saturated rings. The van der Waals surface area contributed by atoms with Gasteiger partial charge in [0.15, 0.2) is 0 Å². The van der Waals surface area contributed by atoms with E-state index in [1.807, 2.05) is 0 Å². The summed E-state index contributed by atoms with van der Waals surface area (Å²) in [6.45, 7) is 8.69. The third-order valence-electron chi connectivity index (χ3n) is 5.12. The molecule has 0 radical (unpaired) electrons. The van der Waals surface area contributed by atoms with E-state index in [1.165, 1.54) is 50.8 Å². The molecular weight excluding hydrogens is 308 g/mol. The number of ether oxygens (including phenoxy) is 1. The SMILES string of the molecule is CCCCC[N+](C)(C)CCOCC[N+](C)(C)CCCc1ccccc1. The second-order valence-corrected chi connectivity index (χ2v) is 8.67. The molecule has 1 rings (SSSR count). The molecule has 3 heteroatoms. The van der Waals surface area contributed by atoms with E-state index < -0.39 is 0 Å². The van der Waals surface area contributed by atoms with Gasteiger partial charge >= 0.3 is 0 Å². The van der Waals surface area contributed by atoms with Crippen molar-refractivity contribution in [3.63, 3.8) is 0 Å². The summed E-state index contributed by atoms with van der Waals surface area (Å²) in [4.78, 5) is 0. The number of nitrogens with zero attached hydrogens (tertiary/aromatic N) is 2. The molecule has 0 N–H and O–H groups in total. The summed E-state index contributed by atoms with van der Waals surface area (Å²) in [5, 5.41) is 0. The largest absolute Gasteiger partial charge is 0.370 e. The summed E-state index contributed by atoms with van der Waals surface area (Å²) < 4.78 is 8.07. The lowest BCUT2D eigenvalue weighted by Crippen LogP contribution is -2.45. The standard InChI is InChI=1S/C22H42N2O/c1-6-7-11-16-23(2,3)18-20-25-21-19-24(4,5)17-12-15-22-13-9-8-10-14-22/h8-10,13-14H,6-7,11-12,15-21H2,1-5H3/q+2. The minimum atomic E-state index is 0.868. The van der Waals surface area contributed by atoms with Crippen molar-refractivity contribution in [3.8, 4) is 0 Å². The molecule has 0 unspecified atom stereocenters. The Balaban J connectivity index is 2.11. The molecule has 0 aromatic heterocycles. The van der Waals surface area contributed by atoms with Crippen molar-refractivity contribution >= 4 is 0 Å². The van der Waals surface area contributed by atoms with Gasteiger partial charge in [-0.3, -0.25) is 0 Å². The average molecular weight is 351 g/mol. The Bertz CT molecular complexity index is 443. The van der Waals surface area contributed by atoms with E-state index in [1.54, 1.807) is 0 Å². The molecule has 0 spiro atoms. The minimum Gasteiger partial charge on any atom is -0.370 e. The van der Waals surface area contributed by atoms with E-state index in [-0.39, 0.29) is 0 Å². The van der Waals surface area contributed by atoms with Crippen LogP contribution in [-0.2, 0) is 11.2 Å². The summed E-state index contributed by atoms with van der Waals surface area (Å²) in [5.41, 5.74) is 1.45. The molecule has 0 saturated carbocycles. The molecule has 0 bridgehead atoms. The average Bonchev–Trinajstić information content (AvgIpc) is 2.55. The van der Waals surface area contributed by atoms with Crippen LogP contribution in [0.3, 0.4) is 0 Å². The van der Waals surface area contributed by atoms with Crippen LogP contribution >= 0.6 is 0 Å². The highest BCUT2D eigenvalue weighted by Crippen LogP contribution is 2.07. The first-order valence-corrected chi connectivity index (χ1v) is 10.1. The van der Waals surface area contributed by atoms with Gasteiger partial charge in [0.25, 0.3) is 0 Å². The number of quaternary nitrogens is 2. The van der Waals surface area contributed by atoms with E-state index in [9.17, 15) is 0 Å². The van der Waals surface area contributed by atoms with Gasteiger partial charge in [-0.1, -0.05) is 43.7 Å². The quantitative estimate of drug-likeness (QED) is 0.364. The molecule has 0 saturated heterocycles. The lowest BCUT2D eigenvalue weighted by molar-refractivity contribution is -0.894. The van der Waals surface area contributed by atoms with Gasteiger partial charge in [0.05, 0.1) is 54.5 Å². The molecule has 0 heterocycles. The Labute approximate surface area is 156 Å². The first kappa shape index (κ1) is 22.1. The van der Waals surface area contributed by atoms with Crippen LogP contribution in [0, 0.1) is 0 Å². The highest BCUT2D eigenvalue weighted by atomic mass is 16.5. The molecule has 1 aromatic rings. The van der Waals surface area contributed by atoms with Crippen LogP contribution < -0.4 is 0 Å². The van der Waals surface area contributed by atoms with E-state index in [0.29, 0.717) is 0 Å². The summed E-state index contributed by atoms with van der Waals surface area (Å²) in [6, 6.07) is 10.8. The molecule has 1 aromatic carbocycles. The normalized spacial score (nSPS) is 12.5. The van der Waals surface area contributed by atoms with Crippen molar-refractivity contribution in [2.24, 2.45) is 0 Å². The lowest BCUT2D eigenvalue weighted by Gasteiger charge is -2.31. The predicted octanol–water partition coefficient (Wildman–Crippen LogP) is 3.98. The summed E-state index contributed by atoms with van der Waals surface area (Å²) in [6.07, 6.45) is 6.38. The van der Waals surface area contributed by atoms with E-state index in [0.717, 1.165) is 35.3 Å². The maximum Gasteiger partial charge on any atom is 0.102 e. The Morgan fingerprint density at radius 1 is 0.720 bits per heavy atom. The number of likely N-dealkylation sites (N-methyl/N-ethyl adjacent to an activating group) is 2. The van der Waals surface area contributed by atoms with Crippen molar-refractivity contribution in [2.75, 3.05) is 67.6 Å². The van der Waals surface area contributed by atoms with Crippen LogP contribution in [0.5, 0.6) is 0 Å². The van der Waals surface area contributed by atoms with Crippen molar-refractivity contribution in [1.82, 2.24) is 0 Å². The zero-order valence-electron chi connectivity index (χ0n) is 17.5. The highest BCUT2D eigenvalue weighted by molar-refractivity contribution is 5.14. The zero-order chi connectivity index (χ0) is 18.6. The second kappa shape index (κ2) is 11.7. The first-order valence-electron chi connectivity index (χ1n) is 10.1. The monoisotopic (exact) mass is 350 g/mol. The maximum atomic E-state index is 5.95. The molecule has 25 heavy (non-hydrogen) atoms. The molecule has 0 amide bonds. The van der Waals surface area contributed by atoms with Crippen LogP contribution in [0.1, 0.15) is 38.2 Å². The third kappa shape index (κ3) is 11.4. The van der Waals surface area contributed by atoms with Crippen LogP contribution in [0.4, 0.5) is 0 Å². The molecule has 0 atom stereocenters. The number of rotatable bonds is 14. The van der Waals surface area contributed by atoms with Crippen LogP contribution in [0.2, 0.25) is 0 Å². The first-order chi connectivity index (χ1) is 11.8. The topological polar surface area (TPSA) is 9.23 Å². The molecule has 3 nitrogen and oxygen atoms in total. The van der Waals surface area contributed by atoms with Crippen molar-refractivity contribution < 1.29 is 13.7 Å². The van der Waals surface area contributed by atoms with Gasteiger partial charge in [0.1, 0.15) is 13.1 Å². The van der Waals surface area contributed by atoms with Gasteiger partial charge in [0, 0.05) is 6.42 Å². The molecule has 0 aliphatic rings. The highest BCUT2D eigenvalue weighted by Gasteiger charge is 2.16. The predicted molar refractivity (Wildman–Crippen MR) is 109 cm³/mol. The maximum absolute atomic E-state index is 5.95. The molecule has 144 valence electrons. The number of benzene rings is 1. The Kier molecular flexibility index (Phi) is 10.3. The Morgan fingerprint density at radius 3 is 1.84 bits per heavy atom. The molecular formula is C22H42N2O+2. The van der Waals surface area contributed by atoms with Crippen LogP contribution in [0.25, 0.3) is 0 Å². The van der Waals surface area contributed by atoms with Gasteiger partial charge in [-0.2, -0.15) is 0 Å². The van der Waals surface area contributed by atoms with Gasteiger partial charge < -0.3 is 13.7 Å². The van der Waals surface area contributed by atoms with Crippen molar-refractivity contribution in [1.29, 1.82) is 0 Å². The summed E-state index contributed by atoms with van der Waals surface area (Å²) in [7, 11) is 9.28. The van der Waals surface area contributed by atoms with Crippen molar-refractivity contribution in [3.05, 3.63) is 35.9 Å². The smallest absolute Gasteiger partial charge is 0.102 e. The van der Waals surface area contributed by atoms with Crippen LogP contribution in [0.15, 0.2) is 30.3 Å². The Morgan fingerprint density at radius 2 is 1.28 bits per heavy atom. The number of aryl methyl sites for hydroxylation is 1. The summed E-state index contributed by atoms with van der Waals surface area (Å²) in [5.74, 6) is 0. The number of unbranched alkanes of at least 4 members (excludes halogenated alkanes) is 2. The zero-order valence-corrected chi connectivity index (χ0v) is 17.5. The molecule has 0 aliphatic carbocycles. The fourth-order valence-electron chi connectivity index (χ4n) is 3.09. The van der Waals surface area contributed by atoms with Gasteiger partial charge in [-0.05, 0) is 24.8 Å². The third-order valence-corrected chi connectivity index (χ3v) is 5.12. The van der Waals surface area contributed by atoms with Gasteiger partial charge in [-0.15, -0.1) is 0 Å². The fraction of sp³-hybridized carbons (Fsp3) is 0.727. The van der Waals surface area contributed by atoms with Crippen LogP contribution in [-0.4, -0.2) is 76.5 Å². The van der Waals surface area contributed by atoms with Gasteiger partial charge in [0.2, 0.25) is 0 Å². The lowest BCUT2D eigenvalue weighted by atomic mass is 10.1. The second-order valence-electron chi connectivity index (χ2n) is 8.67.